The molecule has 1 atom stereocenters. The third-order valence-corrected chi connectivity index (χ3v) is 3.93. The lowest BCUT2D eigenvalue weighted by Crippen LogP contribution is -2.35. The molecular formula is C12H28N2. The van der Waals surface area contributed by atoms with E-state index in [-0.39, 0.29) is 0 Å². The van der Waals surface area contributed by atoms with Crippen LogP contribution >= 0.6 is 0 Å². The van der Waals surface area contributed by atoms with E-state index in [1.165, 1.54) is 25.7 Å². The topological polar surface area (TPSA) is 52.0 Å². The Hall–Kier alpha value is -0.0800. The molecule has 2 heteroatoms. The van der Waals surface area contributed by atoms with Crippen molar-refractivity contribution in [1.29, 1.82) is 0 Å². The molecule has 0 fully saturated rings. The first-order valence-corrected chi connectivity index (χ1v) is 6.10. The number of hydrogen-bond donors (Lipinski definition) is 2. The molecule has 0 spiro atoms. The standard InChI is InChI=1S/C12H28N2/c1-4-11(10-14)12(5-2,6-3)8-7-9-13/h11H,4-10,13-14H2,1-3H3. The molecule has 0 radical (unpaired) electrons. The molecule has 0 bridgehead atoms. The summed E-state index contributed by atoms with van der Waals surface area (Å²) in [5, 5.41) is 0. The Bertz CT molecular complexity index is 126. The molecule has 0 aliphatic rings. The van der Waals surface area contributed by atoms with Crippen LogP contribution in [0.25, 0.3) is 0 Å². The lowest BCUT2D eigenvalue weighted by molar-refractivity contribution is 0.126. The van der Waals surface area contributed by atoms with Crippen molar-refractivity contribution in [2.24, 2.45) is 22.8 Å². The van der Waals surface area contributed by atoms with Gasteiger partial charge in [0.1, 0.15) is 0 Å². The molecule has 4 N–H and O–H groups in total. The highest BCUT2D eigenvalue weighted by Gasteiger charge is 2.32. The quantitative estimate of drug-likeness (QED) is 0.632. The highest BCUT2D eigenvalue weighted by molar-refractivity contribution is 4.84. The first-order chi connectivity index (χ1) is 6.70. The molecule has 86 valence electrons. The van der Waals surface area contributed by atoms with Crippen molar-refractivity contribution >= 4 is 0 Å². The zero-order valence-electron chi connectivity index (χ0n) is 10.2. The molecule has 0 aliphatic carbocycles. The second kappa shape index (κ2) is 7.24. The minimum absolute atomic E-state index is 0.447. The summed E-state index contributed by atoms with van der Waals surface area (Å²) in [6.07, 6.45) is 6.05. The van der Waals surface area contributed by atoms with Gasteiger partial charge < -0.3 is 11.5 Å². The molecule has 0 heterocycles. The fourth-order valence-corrected chi connectivity index (χ4v) is 2.69. The lowest BCUT2D eigenvalue weighted by Gasteiger charge is -2.39. The summed E-state index contributed by atoms with van der Waals surface area (Å²) in [4.78, 5) is 0. The zero-order valence-corrected chi connectivity index (χ0v) is 10.2. The second-order valence-corrected chi connectivity index (χ2v) is 4.30. The molecule has 0 rings (SSSR count). The molecule has 0 aromatic heterocycles. The summed E-state index contributed by atoms with van der Waals surface area (Å²) in [7, 11) is 0. The minimum atomic E-state index is 0.447. The summed E-state index contributed by atoms with van der Waals surface area (Å²) in [5.41, 5.74) is 11.9. The Morgan fingerprint density at radius 1 is 1.07 bits per heavy atom. The van der Waals surface area contributed by atoms with Crippen LogP contribution in [0.4, 0.5) is 0 Å². The van der Waals surface area contributed by atoms with E-state index < -0.39 is 0 Å². The second-order valence-electron chi connectivity index (χ2n) is 4.30. The predicted octanol–water partition coefficient (Wildman–Crippen LogP) is 2.52. The van der Waals surface area contributed by atoms with E-state index in [9.17, 15) is 0 Å². The predicted molar refractivity (Wildman–Crippen MR) is 64.1 cm³/mol. The van der Waals surface area contributed by atoms with Gasteiger partial charge in [-0.2, -0.15) is 0 Å². The van der Waals surface area contributed by atoms with Gasteiger partial charge in [-0.3, -0.25) is 0 Å². The van der Waals surface area contributed by atoms with Crippen LogP contribution in [0.1, 0.15) is 52.9 Å². The molecule has 1 unspecified atom stereocenters. The van der Waals surface area contributed by atoms with E-state index >= 15 is 0 Å². The molecule has 14 heavy (non-hydrogen) atoms. The monoisotopic (exact) mass is 200 g/mol. The van der Waals surface area contributed by atoms with Gasteiger partial charge in [-0.15, -0.1) is 0 Å². The molecule has 0 aliphatic heterocycles. The normalized spacial score (nSPS) is 14.4. The van der Waals surface area contributed by atoms with Gasteiger partial charge in [0.25, 0.3) is 0 Å². The largest absolute Gasteiger partial charge is 0.330 e. The van der Waals surface area contributed by atoms with E-state index in [1.807, 2.05) is 0 Å². The van der Waals surface area contributed by atoms with Crippen LogP contribution in [0, 0.1) is 11.3 Å². The van der Waals surface area contributed by atoms with Gasteiger partial charge in [-0.1, -0.05) is 40.0 Å². The van der Waals surface area contributed by atoms with E-state index in [1.54, 1.807) is 0 Å². The van der Waals surface area contributed by atoms with Gasteiger partial charge in [-0.25, -0.2) is 0 Å². The summed E-state index contributed by atoms with van der Waals surface area (Å²) < 4.78 is 0. The van der Waals surface area contributed by atoms with Crippen LogP contribution in [0.2, 0.25) is 0 Å². The maximum absolute atomic E-state index is 5.86. The molecule has 0 amide bonds. The summed E-state index contributed by atoms with van der Waals surface area (Å²) in [5.74, 6) is 0.670. The van der Waals surface area contributed by atoms with Crippen molar-refractivity contribution in [2.75, 3.05) is 13.1 Å². The Kier molecular flexibility index (Phi) is 7.20. The smallest absolute Gasteiger partial charge is 0.00437 e. The summed E-state index contributed by atoms with van der Waals surface area (Å²) in [6, 6.07) is 0. The van der Waals surface area contributed by atoms with Crippen LogP contribution in [0.5, 0.6) is 0 Å². The first-order valence-electron chi connectivity index (χ1n) is 6.10. The van der Waals surface area contributed by atoms with E-state index in [2.05, 4.69) is 20.8 Å². The highest BCUT2D eigenvalue weighted by Crippen LogP contribution is 2.40. The molecule has 0 saturated heterocycles. The van der Waals surface area contributed by atoms with Gasteiger partial charge >= 0.3 is 0 Å². The third-order valence-electron chi connectivity index (χ3n) is 3.93. The van der Waals surface area contributed by atoms with Crippen molar-refractivity contribution < 1.29 is 0 Å². The lowest BCUT2D eigenvalue weighted by atomic mass is 9.67. The van der Waals surface area contributed by atoms with Gasteiger partial charge in [0.2, 0.25) is 0 Å². The SMILES string of the molecule is CCC(CN)C(CC)(CC)CCCN. The maximum atomic E-state index is 5.86. The Labute approximate surface area is 89.4 Å². The van der Waals surface area contributed by atoms with Gasteiger partial charge in [0, 0.05) is 0 Å². The molecular weight excluding hydrogens is 172 g/mol. The Morgan fingerprint density at radius 3 is 1.93 bits per heavy atom. The van der Waals surface area contributed by atoms with Crippen LogP contribution < -0.4 is 11.5 Å². The third kappa shape index (κ3) is 3.25. The zero-order chi connectivity index (χ0) is 11.0. The minimum Gasteiger partial charge on any atom is -0.330 e. The molecule has 0 aromatic rings. The maximum Gasteiger partial charge on any atom is -0.00437 e. The molecule has 0 saturated carbocycles. The van der Waals surface area contributed by atoms with Crippen molar-refractivity contribution in [1.82, 2.24) is 0 Å². The van der Waals surface area contributed by atoms with E-state index in [4.69, 9.17) is 11.5 Å². The molecule has 0 aromatic carbocycles. The number of nitrogens with two attached hydrogens (primary N) is 2. The van der Waals surface area contributed by atoms with Crippen molar-refractivity contribution in [3.63, 3.8) is 0 Å². The first kappa shape index (κ1) is 13.9. The van der Waals surface area contributed by atoms with E-state index in [0.29, 0.717) is 11.3 Å². The highest BCUT2D eigenvalue weighted by atomic mass is 14.6. The average Bonchev–Trinajstić information content (AvgIpc) is 2.24. The number of hydrogen-bond acceptors (Lipinski definition) is 2. The number of rotatable bonds is 8. The van der Waals surface area contributed by atoms with Gasteiger partial charge in [0.05, 0.1) is 0 Å². The fourth-order valence-electron chi connectivity index (χ4n) is 2.69. The van der Waals surface area contributed by atoms with Crippen molar-refractivity contribution in [2.45, 2.75) is 52.9 Å². The van der Waals surface area contributed by atoms with Crippen LogP contribution in [0.15, 0.2) is 0 Å². The van der Waals surface area contributed by atoms with Crippen molar-refractivity contribution in [3.05, 3.63) is 0 Å². The average molecular weight is 200 g/mol. The van der Waals surface area contributed by atoms with Crippen molar-refractivity contribution in [3.8, 4) is 0 Å². The van der Waals surface area contributed by atoms with Gasteiger partial charge in [0.15, 0.2) is 0 Å². The Morgan fingerprint density at radius 2 is 1.64 bits per heavy atom. The van der Waals surface area contributed by atoms with Crippen LogP contribution in [-0.4, -0.2) is 13.1 Å². The fraction of sp³-hybridized carbons (Fsp3) is 1.00. The Balaban J connectivity index is 4.47. The summed E-state index contributed by atoms with van der Waals surface area (Å²) in [6.45, 7) is 8.46. The van der Waals surface area contributed by atoms with Gasteiger partial charge in [-0.05, 0) is 37.3 Å². The van der Waals surface area contributed by atoms with Crippen LogP contribution in [0.3, 0.4) is 0 Å². The van der Waals surface area contributed by atoms with E-state index in [0.717, 1.165) is 19.5 Å². The van der Waals surface area contributed by atoms with Crippen LogP contribution in [-0.2, 0) is 0 Å². The summed E-state index contributed by atoms with van der Waals surface area (Å²) >= 11 is 0. The molecule has 2 nitrogen and oxygen atoms in total.